The number of aromatic nitrogens is 1. The molecular formula is C15H19ClN2O. The van der Waals surface area contributed by atoms with E-state index in [0.29, 0.717) is 10.9 Å². The molecule has 1 unspecified atom stereocenters. The van der Waals surface area contributed by atoms with Crippen molar-refractivity contribution >= 4 is 28.2 Å². The predicted molar refractivity (Wildman–Crippen MR) is 80.7 cm³/mol. The molecule has 102 valence electrons. The first-order chi connectivity index (χ1) is 9.20. The number of benzene rings is 1. The number of aliphatic hydroxyl groups excluding tert-OH is 1. The van der Waals surface area contributed by atoms with Crippen LogP contribution in [-0.2, 0) is 0 Å². The second kappa shape index (κ2) is 6.73. The molecular weight excluding hydrogens is 260 g/mol. The SMILES string of the molecule is CC(CO)CCCNc1ccnc2cc(Cl)ccc12. The molecule has 0 saturated carbocycles. The van der Waals surface area contributed by atoms with Gasteiger partial charge in [0.25, 0.3) is 0 Å². The standard InChI is InChI=1S/C15H19ClN2O/c1-11(10-19)3-2-7-17-14-6-8-18-15-9-12(16)4-5-13(14)15/h4-6,8-9,11,19H,2-3,7,10H2,1H3,(H,17,18). The second-order valence-electron chi connectivity index (χ2n) is 4.88. The molecule has 2 aromatic rings. The second-order valence-corrected chi connectivity index (χ2v) is 5.31. The number of hydrogen-bond donors (Lipinski definition) is 2. The van der Waals surface area contributed by atoms with Gasteiger partial charge in [-0.2, -0.15) is 0 Å². The third-order valence-electron chi connectivity index (χ3n) is 3.21. The van der Waals surface area contributed by atoms with Crippen LogP contribution in [-0.4, -0.2) is 23.2 Å². The van der Waals surface area contributed by atoms with Gasteiger partial charge >= 0.3 is 0 Å². The maximum Gasteiger partial charge on any atom is 0.0737 e. The predicted octanol–water partition coefficient (Wildman–Crippen LogP) is 3.71. The Morgan fingerprint density at radius 3 is 3.00 bits per heavy atom. The molecule has 0 aliphatic rings. The van der Waals surface area contributed by atoms with Crippen LogP contribution < -0.4 is 5.32 Å². The summed E-state index contributed by atoms with van der Waals surface area (Å²) >= 11 is 5.96. The Labute approximate surface area is 118 Å². The van der Waals surface area contributed by atoms with Crippen molar-refractivity contribution in [2.45, 2.75) is 19.8 Å². The van der Waals surface area contributed by atoms with Crippen LogP contribution in [0.15, 0.2) is 30.5 Å². The minimum Gasteiger partial charge on any atom is -0.396 e. The number of fused-ring (bicyclic) bond motifs is 1. The Bertz CT molecular complexity index is 545. The molecule has 19 heavy (non-hydrogen) atoms. The number of aliphatic hydroxyl groups is 1. The summed E-state index contributed by atoms with van der Waals surface area (Å²) in [4.78, 5) is 4.31. The minimum absolute atomic E-state index is 0.261. The highest BCUT2D eigenvalue weighted by molar-refractivity contribution is 6.31. The Balaban J connectivity index is 2.01. The van der Waals surface area contributed by atoms with Gasteiger partial charge in [0.1, 0.15) is 0 Å². The molecule has 4 heteroatoms. The van der Waals surface area contributed by atoms with E-state index in [1.807, 2.05) is 24.3 Å². The van der Waals surface area contributed by atoms with E-state index in [4.69, 9.17) is 16.7 Å². The highest BCUT2D eigenvalue weighted by atomic mass is 35.5. The first-order valence-electron chi connectivity index (χ1n) is 6.59. The Hall–Kier alpha value is -1.32. The number of rotatable bonds is 6. The van der Waals surface area contributed by atoms with Gasteiger partial charge < -0.3 is 10.4 Å². The fourth-order valence-corrected chi connectivity index (χ4v) is 2.21. The Kier molecular flexibility index (Phi) is 5.00. The molecule has 1 aromatic heterocycles. The van der Waals surface area contributed by atoms with Crippen LogP contribution in [0.2, 0.25) is 5.02 Å². The lowest BCUT2D eigenvalue weighted by atomic mass is 10.1. The summed E-state index contributed by atoms with van der Waals surface area (Å²) in [7, 11) is 0. The zero-order valence-electron chi connectivity index (χ0n) is 11.1. The molecule has 0 aliphatic heterocycles. The molecule has 0 saturated heterocycles. The molecule has 0 radical (unpaired) electrons. The molecule has 0 spiro atoms. The maximum atomic E-state index is 8.98. The van der Waals surface area contributed by atoms with Gasteiger partial charge in [-0.1, -0.05) is 18.5 Å². The van der Waals surface area contributed by atoms with Crippen molar-refractivity contribution in [3.05, 3.63) is 35.5 Å². The summed E-state index contributed by atoms with van der Waals surface area (Å²) in [6.07, 6.45) is 3.86. The van der Waals surface area contributed by atoms with Gasteiger partial charge in [0, 0.05) is 35.4 Å². The number of hydrogen-bond acceptors (Lipinski definition) is 3. The average Bonchev–Trinajstić information content (AvgIpc) is 2.42. The summed E-state index contributed by atoms with van der Waals surface area (Å²) in [5, 5.41) is 14.2. The van der Waals surface area contributed by atoms with Gasteiger partial charge in [-0.3, -0.25) is 4.98 Å². The Morgan fingerprint density at radius 2 is 2.21 bits per heavy atom. The van der Waals surface area contributed by atoms with Crippen LogP contribution in [0, 0.1) is 5.92 Å². The van der Waals surface area contributed by atoms with E-state index in [1.165, 1.54) is 0 Å². The number of pyridine rings is 1. The molecule has 2 N–H and O–H groups in total. The van der Waals surface area contributed by atoms with Crippen molar-refractivity contribution in [3.63, 3.8) is 0 Å². The molecule has 0 aliphatic carbocycles. The first kappa shape index (κ1) is 14.1. The molecule has 1 heterocycles. The van der Waals surface area contributed by atoms with Gasteiger partial charge in [-0.05, 0) is 43.0 Å². The molecule has 0 bridgehead atoms. The number of nitrogens with zero attached hydrogens (tertiary/aromatic N) is 1. The molecule has 1 atom stereocenters. The van der Waals surface area contributed by atoms with Gasteiger partial charge in [-0.25, -0.2) is 0 Å². The van der Waals surface area contributed by atoms with E-state index in [2.05, 4.69) is 17.2 Å². The normalized spacial score (nSPS) is 12.6. The molecule has 3 nitrogen and oxygen atoms in total. The fraction of sp³-hybridized carbons (Fsp3) is 0.400. The van der Waals surface area contributed by atoms with Crippen molar-refractivity contribution < 1.29 is 5.11 Å². The largest absolute Gasteiger partial charge is 0.396 e. The number of anilines is 1. The maximum absolute atomic E-state index is 8.98. The summed E-state index contributed by atoms with van der Waals surface area (Å²) in [5.41, 5.74) is 1.99. The van der Waals surface area contributed by atoms with Crippen LogP contribution in [0.25, 0.3) is 10.9 Å². The lowest BCUT2D eigenvalue weighted by Crippen LogP contribution is -2.06. The van der Waals surface area contributed by atoms with Crippen molar-refractivity contribution in [1.82, 2.24) is 4.98 Å². The third kappa shape index (κ3) is 3.82. The Morgan fingerprint density at radius 1 is 1.37 bits per heavy atom. The third-order valence-corrected chi connectivity index (χ3v) is 3.44. The molecule has 1 aromatic carbocycles. The van der Waals surface area contributed by atoms with E-state index in [-0.39, 0.29) is 6.61 Å². The van der Waals surface area contributed by atoms with E-state index < -0.39 is 0 Å². The van der Waals surface area contributed by atoms with Crippen LogP contribution in [0.1, 0.15) is 19.8 Å². The average molecular weight is 279 g/mol. The molecule has 0 amide bonds. The summed E-state index contributed by atoms with van der Waals surface area (Å²) < 4.78 is 0. The van der Waals surface area contributed by atoms with E-state index in [0.717, 1.165) is 36.0 Å². The van der Waals surface area contributed by atoms with Crippen molar-refractivity contribution in [1.29, 1.82) is 0 Å². The first-order valence-corrected chi connectivity index (χ1v) is 6.97. The zero-order valence-corrected chi connectivity index (χ0v) is 11.8. The summed E-state index contributed by atoms with van der Waals surface area (Å²) in [6.45, 7) is 3.21. The molecule has 0 fully saturated rings. The monoisotopic (exact) mass is 278 g/mol. The topological polar surface area (TPSA) is 45.1 Å². The van der Waals surface area contributed by atoms with Gasteiger partial charge in [-0.15, -0.1) is 0 Å². The highest BCUT2D eigenvalue weighted by Crippen LogP contribution is 2.24. The van der Waals surface area contributed by atoms with Crippen LogP contribution >= 0.6 is 11.6 Å². The van der Waals surface area contributed by atoms with Crippen LogP contribution in [0.5, 0.6) is 0 Å². The van der Waals surface area contributed by atoms with Gasteiger partial charge in [0.05, 0.1) is 5.52 Å². The minimum atomic E-state index is 0.261. The number of nitrogens with one attached hydrogen (secondary N) is 1. The number of halogens is 1. The summed E-state index contributed by atoms with van der Waals surface area (Å²) in [6, 6.07) is 7.72. The van der Waals surface area contributed by atoms with Crippen molar-refractivity contribution in [2.24, 2.45) is 5.92 Å². The lowest BCUT2D eigenvalue weighted by molar-refractivity contribution is 0.229. The zero-order chi connectivity index (χ0) is 13.7. The van der Waals surface area contributed by atoms with Gasteiger partial charge in [0.2, 0.25) is 0 Å². The van der Waals surface area contributed by atoms with E-state index in [9.17, 15) is 0 Å². The highest BCUT2D eigenvalue weighted by Gasteiger charge is 2.03. The lowest BCUT2D eigenvalue weighted by Gasteiger charge is -2.11. The van der Waals surface area contributed by atoms with Crippen LogP contribution in [0.4, 0.5) is 5.69 Å². The van der Waals surface area contributed by atoms with Gasteiger partial charge in [0.15, 0.2) is 0 Å². The molecule has 2 rings (SSSR count). The van der Waals surface area contributed by atoms with E-state index in [1.54, 1.807) is 6.20 Å². The van der Waals surface area contributed by atoms with Crippen molar-refractivity contribution in [3.8, 4) is 0 Å². The smallest absolute Gasteiger partial charge is 0.0737 e. The van der Waals surface area contributed by atoms with E-state index >= 15 is 0 Å². The quantitative estimate of drug-likeness (QED) is 0.792. The fourth-order valence-electron chi connectivity index (χ4n) is 2.04. The van der Waals surface area contributed by atoms with Crippen molar-refractivity contribution in [2.75, 3.05) is 18.5 Å². The van der Waals surface area contributed by atoms with Crippen LogP contribution in [0.3, 0.4) is 0 Å². The summed E-state index contributed by atoms with van der Waals surface area (Å²) in [5.74, 6) is 0.370.